The van der Waals surface area contributed by atoms with Gasteiger partial charge in [0.25, 0.3) is 5.89 Å². The Balaban J connectivity index is 2.03. The summed E-state index contributed by atoms with van der Waals surface area (Å²) in [6, 6.07) is 8.54. The van der Waals surface area contributed by atoms with E-state index in [0.29, 0.717) is 17.1 Å². The number of hydrogen-bond donors (Lipinski definition) is 1. The molecular formula is C13H9FN4O. The summed E-state index contributed by atoms with van der Waals surface area (Å²) >= 11 is 0. The molecule has 1 aromatic carbocycles. The number of nitrogens with two attached hydrogens (primary N) is 1. The average molecular weight is 256 g/mol. The van der Waals surface area contributed by atoms with Crippen LogP contribution in [0.5, 0.6) is 0 Å². The van der Waals surface area contributed by atoms with Crippen LogP contribution in [0.25, 0.3) is 22.8 Å². The first kappa shape index (κ1) is 11.3. The number of nitrogen functional groups attached to an aromatic ring is 1. The third-order valence-corrected chi connectivity index (χ3v) is 2.57. The minimum Gasteiger partial charge on any atom is -0.399 e. The second-order valence-electron chi connectivity index (χ2n) is 3.90. The van der Waals surface area contributed by atoms with Gasteiger partial charge in [-0.15, -0.1) is 0 Å². The molecule has 0 unspecified atom stereocenters. The summed E-state index contributed by atoms with van der Waals surface area (Å²) < 4.78 is 18.6. The first-order valence-electron chi connectivity index (χ1n) is 5.53. The molecule has 2 heterocycles. The Morgan fingerprint density at radius 1 is 1.21 bits per heavy atom. The topological polar surface area (TPSA) is 77.8 Å². The second kappa shape index (κ2) is 4.49. The van der Waals surface area contributed by atoms with Crippen LogP contribution in [0, 0.1) is 5.82 Å². The van der Waals surface area contributed by atoms with Gasteiger partial charge in [0, 0.05) is 17.4 Å². The maximum Gasteiger partial charge on any atom is 0.261 e. The Labute approximate surface area is 107 Å². The molecule has 0 saturated carbocycles. The van der Waals surface area contributed by atoms with Gasteiger partial charge < -0.3 is 10.3 Å². The number of benzene rings is 1. The lowest BCUT2D eigenvalue weighted by atomic mass is 10.2. The molecule has 0 aliphatic rings. The van der Waals surface area contributed by atoms with Crippen LogP contribution in [-0.2, 0) is 0 Å². The quantitative estimate of drug-likeness (QED) is 0.713. The number of aromatic nitrogens is 3. The highest BCUT2D eigenvalue weighted by Crippen LogP contribution is 2.24. The fourth-order valence-electron chi connectivity index (χ4n) is 1.68. The van der Waals surface area contributed by atoms with Gasteiger partial charge in [-0.25, -0.2) is 4.39 Å². The van der Waals surface area contributed by atoms with Crippen LogP contribution in [-0.4, -0.2) is 15.1 Å². The van der Waals surface area contributed by atoms with Crippen molar-refractivity contribution < 1.29 is 8.91 Å². The summed E-state index contributed by atoms with van der Waals surface area (Å²) in [5.41, 5.74) is 7.21. The molecule has 0 aliphatic carbocycles. The minimum absolute atomic E-state index is 0.109. The van der Waals surface area contributed by atoms with Crippen LogP contribution in [0.2, 0.25) is 0 Å². The number of hydrogen-bond acceptors (Lipinski definition) is 5. The van der Waals surface area contributed by atoms with E-state index in [-0.39, 0.29) is 11.5 Å². The van der Waals surface area contributed by atoms with Crippen LogP contribution < -0.4 is 5.73 Å². The molecule has 0 saturated heterocycles. The smallest absolute Gasteiger partial charge is 0.261 e. The molecule has 6 heteroatoms. The van der Waals surface area contributed by atoms with Gasteiger partial charge in [0.2, 0.25) is 5.82 Å². The monoisotopic (exact) mass is 256 g/mol. The maximum absolute atomic E-state index is 13.5. The van der Waals surface area contributed by atoms with Crippen LogP contribution in [0.3, 0.4) is 0 Å². The second-order valence-corrected chi connectivity index (χ2v) is 3.90. The van der Waals surface area contributed by atoms with E-state index in [1.165, 1.54) is 12.3 Å². The molecule has 3 rings (SSSR count). The lowest BCUT2D eigenvalue weighted by Gasteiger charge is -1.96. The molecule has 19 heavy (non-hydrogen) atoms. The summed E-state index contributed by atoms with van der Waals surface area (Å²) in [4.78, 5) is 7.82. The molecule has 0 bridgehead atoms. The Bertz CT molecular complexity index is 726. The van der Waals surface area contributed by atoms with Gasteiger partial charge in [0.05, 0.1) is 11.8 Å². The van der Waals surface area contributed by atoms with Crippen LogP contribution >= 0.6 is 0 Å². The van der Waals surface area contributed by atoms with Crippen LogP contribution in [0.4, 0.5) is 10.1 Å². The van der Waals surface area contributed by atoms with Crippen molar-refractivity contribution in [2.45, 2.75) is 0 Å². The number of anilines is 1. The summed E-state index contributed by atoms with van der Waals surface area (Å²) in [5, 5.41) is 3.82. The van der Waals surface area contributed by atoms with Gasteiger partial charge in [-0.2, -0.15) is 4.98 Å². The van der Waals surface area contributed by atoms with Crippen LogP contribution in [0.1, 0.15) is 0 Å². The highest BCUT2D eigenvalue weighted by Gasteiger charge is 2.14. The van der Waals surface area contributed by atoms with Crippen molar-refractivity contribution in [3.8, 4) is 22.8 Å². The van der Waals surface area contributed by atoms with Crippen molar-refractivity contribution in [2.75, 3.05) is 5.73 Å². The molecule has 2 aromatic heterocycles. The average Bonchev–Trinajstić information content (AvgIpc) is 2.89. The van der Waals surface area contributed by atoms with Crippen molar-refractivity contribution in [1.29, 1.82) is 0 Å². The molecule has 5 nitrogen and oxygen atoms in total. The lowest BCUT2D eigenvalue weighted by Crippen LogP contribution is -1.87. The highest BCUT2D eigenvalue weighted by molar-refractivity contribution is 5.63. The molecular weight excluding hydrogens is 247 g/mol. The number of rotatable bonds is 2. The Morgan fingerprint density at radius 2 is 2.11 bits per heavy atom. The number of pyridine rings is 1. The van der Waals surface area contributed by atoms with E-state index in [4.69, 9.17) is 10.3 Å². The zero-order valence-corrected chi connectivity index (χ0v) is 9.75. The van der Waals surface area contributed by atoms with Crippen molar-refractivity contribution in [2.24, 2.45) is 0 Å². The SMILES string of the molecule is Nc1cccc(-c2noc(-c3ccncc3F)n2)c1. The van der Waals surface area contributed by atoms with Gasteiger partial charge in [-0.1, -0.05) is 17.3 Å². The molecule has 0 radical (unpaired) electrons. The minimum atomic E-state index is -0.509. The van der Waals surface area contributed by atoms with E-state index in [0.717, 1.165) is 6.20 Å². The molecule has 0 fully saturated rings. The first-order chi connectivity index (χ1) is 9.24. The standard InChI is InChI=1S/C13H9FN4O/c14-11-7-16-5-4-10(11)13-17-12(18-19-13)8-2-1-3-9(15)6-8/h1-7H,15H2. The molecule has 0 aliphatic heterocycles. The molecule has 2 N–H and O–H groups in total. The predicted molar refractivity (Wildman–Crippen MR) is 67.3 cm³/mol. The fraction of sp³-hybridized carbons (Fsp3) is 0. The van der Waals surface area contributed by atoms with Crippen LogP contribution in [0.15, 0.2) is 47.2 Å². The van der Waals surface area contributed by atoms with E-state index in [1.807, 2.05) is 0 Å². The zero-order valence-electron chi connectivity index (χ0n) is 9.75. The zero-order chi connectivity index (χ0) is 13.2. The number of nitrogens with zero attached hydrogens (tertiary/aromatic N) is 3. The number of halogens is 1. The van der Waals surface area contributed by atoms with Crippen molar-refractivity contribution in [3.63, 3.8) is 0 Å². The lowest BCUT2D eigenvalue weighted by molar-refractivity contribution is 0.429. The van der Waals surface area contributed by atoms with Gasteiger partial charge in [0.15, 0.2) is 5.82 Å². The summed E-state index contributed by atoms with van der Waals surface area (Å²) in [7, 11) is 0. The van der Waals surface area contributed by atoms with Crippen molar-refractivity contribution >= 4 is 5.69 Å². The third-order valence-electron chi connectivity index (χ3n) is 2.57. The van der Waals surface area contributed by atoms with E-state index in [9.17, 15) is 4.39 Å². The van der Waals surface area contributed by atoms with E-state index >= 15 is 0 Å². The fourth-order valence-corrected chi connectivity index (χ4v) is 1.68. The first-order valence-corrected chi connectivity index (χ1v) is 5.53. The molecule has 0 atom stereocenters. The molecule has 94 valence electrons. The summed E-state index contributed by atoms with van der Waals surface area (Å²) in [5.74, 6) is -0.0406. The summed E-state index contributed by atoms with van der Waals surface area (Å²) in [6.07, 6.45) is 2.56. The molecule has 0 amide bonds. The summed E-state index contributed by atoms with van der Waals surface area (Å²) in [6.45, 7) is 0. The van der Waals surface area contributed by atoms with E-state index < -0.39 is 5.82 Å². The Morgan fingerprint density at radius 3 is 2.89 bits per heavy atom. The Hall–Kier alpha value is -2.76. The Kier molecular flexibility index (Phi) is 2.68. The largest absolute Gasteiger partial charge is 0.399 e. The van der Waals surface area contributed by atoms with E-state index in [1.54, 1.807) is 24.3 Å². The normalized spacial score (nSPS) is 10.6. The van der Waals surface area contributed by atoms with Gasteiger partial charge in [0.1, 0.15) is 0 Å². The molecule has 3 aromatic rings. The van der Waals surface area contributed by atoms with Gasteiger partial charge >= 0.3 is 0 Å². The van der Waals surface area contributed by atoms with Gasteiger partial charge in [-0.05, 0) is 18.2 Å². The predicted octanol–water partition coefficient (Wildman–Crippen LogP) is 2.52. The maximum atomic E-state index is 13.5. The highest BCUT2D eigenvalue weighted by atomic mass is 19.1. The molecule has 0 spiro atoms. The third kappa shape index (κ3) is 2.15. The van der Waals surface area contributed by atoms with Gasteiger partial charge in [-0.3, -0.25) is 4.98 Å². The van der Waals surface area contributed by atoms with E-state index in [2.05, 4.69) is 15.1 Å². The van der Waals surface area contributed by atoms with Crippen molar-refractivity contribution in [3.05, 3.63) is 48.5 Å². The van der Waals surface area contributed by atoms with Crippen molar-refractivity contribution in [1.82, 2.24) is 15.1 Å².